The molecule has 5 rings (SSSR count). The number of anilines is 1. The molecule has 3 aromatic carbocycles. The van der Waals surface area contributed by atoms with Crippen LogP contribution in [0.2, 0.25) is 0 Å². The van der Waals surface area contributed by atoms with Crippen molar-refractivity contribution in [1.82, 2.24) is 14.4 Å². The van der Waals surface area contributed by atoms with Gasteiger partial charge in [0.25, 0.3) is 5.89 Å². The third-order valence-electron chi connectivity index (χ3n) is 6.15. The molecule has 35 heavy (non-hydrogen) atoms. The van der Waals surface area contributed by atoms with Crippen molar-refractivity contribution >= 4 is 15.7 Å². The number of methoxy groups -OCH3 is 1. The second kappa shape index (κ2) is 9.52. The van der Waals surface area contributed by atoms with Gasteiger partial charge in [0, 0.05) is 37.4 Å². The van der Waals surface area contributed by atoms with Crippen LogP contribution in [-0.4, -0.2) is 56.2 Å². The van der Waals surface area contributed by atoms with E-state index in [0.29, 0.717) is 37.6 Å². The standard InChI is InChI=1S/C26H26N4O4S/c1-19-7-9-20(10-8-19)25-27-26(34-28-25)23-5-3-4-6-24(23)35(31,32)30-17-15-29(16-18-30)21-11-13-22(33-2)14-12-21/h3-14H,15-18H2,1-2H3. The number of rotatable bonds is 6. The Morgan fingerprint density at radius 2 is 1.57 bits per heavy atom. The molecule has 1 aliphatic rings. The van der Waals surface area contributed by atoms with Crippen molar-refractivity contribution in [2.45, 2.75) is 11.8 Å². The van der Waals surface area contributed by atoms with E-state index in [1.165, 1.54) is 4.31 Å². The first kappa shape index (κ1) is 23.1. The maximum absolute atomic E-state index is 13.6. The lowest BCUT2D eigenvalue weighted by molar-refractivity contribution is 0.384. The van der Waals surface area contributed by atoms with Gasteiger partial charge in [-0.2, -0.15) is 9.29 Å². The zero-order chi connectivity index (χ0) is 24.4. The third-order valence-corrected chi connectivity index (χ3v) is 8.10. The van der Waals surface area contributed by atoms with E-state index in [9.17, 15) is 8.42 Å². The number of nitrogens with zero attached hydrogens (tertiary/aromatic N) is 4. The Bertz CT molecular complexity index is 1410. The lowest BCUT2D eigenvalue weighted by Gasteiger charge is -2.35. The summed E-state index contributed by atoms with van der Waals surface area (Å²) in [4.78, 5) is 6.82. The van der Waals surface area contributed by atoms with E-state index in [1.54, 1.807) is 31.4 Å². The monoisotopic (exact) mass is 490 g/mol. The number of hydrogen-bond acceptors (Lipinski definition) is 7. The summed E-state index contributed by atoms with van der Waals surface area (Å²) in [5.74, 6) is 1.38. The predicted octanol–water partition coefficient (Wildman–Crippen LogP) is 4.23. The highest BCUT2D eigenvalue weighted by Gasteiger charge is 2.31. The fourth-order valence-electron chi connectivity index (χ4n) is 4.14. The molecule has 0 unspecified atom stereocenters. The minimum Gasteiger partial charge on any atom is -0.497 e. The minimum absolute atomic E-state index is 0.164. The quantitative estimate of drug-likeness (QED) is 0.400. The summed E-state index contributed by atoms with van der Waals surface area (Å²) in [7, 11) is -2.13. The second-order valence-corrected chi connectivity index (χ2v) is 10.3. The van der Waals surface area contributed by atoms with E-state index in [-0.39, 0.29) is 10.8 Å². The molecule has 0 spiro atoms. The molecule has 8 nitrogen and oxygen atoms in total. The van der Waals surface area contributed by atoms with Crippen LogP contribution in [0, 0.1) is 6.92 Å². The Labute approximate surface area is 204 Å². The van der Waals surface area contributed by atoms with E-state index >= 15 is 0 Å². The second-order valence-electron chi connectivity index (χ2n) is 8.37. The maximum Gasteiger partial charge on any atom is 0.259 e. The Kier molecular flexibility index (Phi) is 6.27. The molecule has 2 heterocycles. The lowest BCUT2D eigenvalue weighted by Crippen LogP contribution is -2.48. The number of aryl methyl sites for hydroxylation is 1. The van der Waals surface area contributed by atoms with E-state index in [4.69, 9.17) is 9.26 Å². The smallest absolute Gasteiger partial charge is 0.259 e. The van der Waals surface area contributed by atoms with Gasteiger partial charge in [-0.25, -0.2) is 8.42 Å². The SMILES string of the molecule is COc1ccc(N2CCN(S(=O)(=O)c3ccccc3-c3nc(-c4ccc(C)cc4)no3)CC2)cc1. The molecule has 0 bridgehead atoms. The summed E-state index contributed by atoms with van der Waals surface area (Å²) in [6.45, 7) is 3.93. The molecule has 0 amide bonds. The zero-order valence-corrected chi connectivity index (χ0v) is 20.4. The molecule has 1 fully saturated rings. The van der Waals surface area contributed by atoms with Gasteiger partial charge < -0.3 is 14.2 Å². The third kappa shape index (κ3) is 4.65. The van der Waals surface area contributed by atoms with Crippen molar-refractivity contribution in [3.63, 3.8) is 0 Å². The summed E-state index contributed by atoms with van der Waals surface area (Å²) in [5.41, 5.74) is 3.37. The van der Waals surface area contributed by atoms with Crippen molar-refractivity contribution in [2.75, 3.05) is 38.2 Å². The molecular weight excluding hydrogens is 464 g/mol. The van der Waals surface area contributed by atoms with Crippen LogP contribution in [0.5, 0.6) is 5.75 Å². The number of sulfonamides is 1. The van der Waals surface area contributed by atoms with E-state index in [0.717, 1.165) is 22.6 Å². The number of hydrogen-bond donors (Lipinski definition) is 0. The molecule has 0 aliphatic carbocycles. The first-order valence-electron chi connectivity index (χ1n) is 11.3. The number of aromatic nitrogens is 2. The van der Waals surface area contributed by atoms with E-state index in [1.807, 2.05) is 55.5 Å². The molecule has 0 radical (unpaired) electrons. The van der Waals surface area contributed by atoms with E-state index < -0.39 is 10.0 Å². The van der Waals surface area contributed by atoms with Gasteiger partial charge in [-0.3, -0.25) is 0 Å². The zero-order valence-electron chi connectivity index (χ0n) is 19.6. The van der Waals surface area contributed by atoms with Crippen molar-refractivity contribution in [3.8, 4) is 28.6 Å². The molecule has 0 atom stereocenters. The lowest BCUT2D eigenvalue weighted by atomic mass is 10.1. The Morgan fingerprint density at radius 3 is 2.26 bits per heavy atom. The van der Waals surface area contributed by atoms with Crippen LogP contribution < -0.4 is 9.64 Å². The average Bonchev–Trinajstić information content (AvgIpc) is 3.39. The van der Waals surface area contributed by atoms with Crippen molar-refractivity contribution in [3.05, 3.63) is 78.4 Å². The highest BCUT2D eigenvalue weighted by molar-refractivity contribution is 7.89. The molecule has 180 valence electrons. The van der Waals surface area contributed by atoms with Crippen LogP contribution in [-0.2, 0) is 10.0 Å². The molecule has 1 aliphatic heterocycles. The Hall–Kier alpha value is -3.69. The summed E-state index contributed by atoms with van der Waals surface area (Å²) in [5, 5.41) is 4.07. The number of benzene rings is 3. The molecule has 1 saturated heterocycles. The summed E-state index contributed by atoms with van der Waals surface area (Å²) in [6.07, 6.45) is 0. The first-order chi connectivity index (χ1) is 17.0. The van der Waals surface area contributed by atoms with Crippen LogP contribution in [0.15, 0.2) is 82.2 Å². The molecule has 1 aromatic heterocycles. The summed E-state index contributed by atoms with van der Waals surface area (Å²) >= 11 is 0. The predicted molar refractivity (Wildman–Crippen MR) is 134 cm³/mol. The van der Waals surface area contributed by atoms with Crippen molar-refractivity contribution in [1.29, 1.82) is 0 Å². The van der Waals surface area contributed by atoms with Gasteiger partial charge in [0.1, 0.15) is 5.75 Å². The molecule has 4 aromatic rings. The van der Waals surface area contributed by atoms with Crippen LogP contribution in [0.25, 0.3) is 22.8 Å². The highest BCUT2D eigenvalue weighted by Crippen LogP contribution is 2.31. The van der Waals surface area contributed by atoms with Gasteiger partial charge in [-0.15, -0.1) is 0 Å². The topological polar surface area (TPSA) is 88.8 Å². The summed E-state index contributed by atoms with van der Waals surface area (Å²) < 4.78 is 39.5. The van der Waals surface area contributed by atoms with Gasteiger partial charge in [0.05, 0.1) is 17.6 Å². The number of ether oxygens (including phenoxy) is 1. The van der Waals surface area contributed by atoms with Crippen LogP contribution in [0.1, 0.15) is 5.56 Å². The van der Waals surface area contributed by atoms with Crippen molar-refractivity contribution < 1.29 is 17.7 Å². The first-order valence-corrected chi connectivity index (χ1v) is 12.8. The summed E-state index contributed by atoms with van der Waals surface area (Å²) in [6, 6.07) is 22.3. The van der Waals surface area contributed by atoms with Gasteiger partial charge in [0.2, 0.25) is 15.8 Å². The maximum atomic E-state index is 13.6. The van der Waals surface area contributed by atoms with Crippen molar-refractivity contribution in [2.24, 2.45) is 0 Å². The Morgan fingerprint density at radius 1 is 0.886 bits per heavy atom. The van der Waals surface area contributed by atoms with Gasteiger partial charge >= 0.3 is 0 Å². The van der Waals surface area contributed by atoms with E-state index in [2.05, 4.69) is 15.0 Å². The molecular formula is C26H26N4O4S. The largest absolute Gasteiger partial charge is 0.497 e. The van der Waals surface area contributed by atoms with Gasteiger partial charge in [-0.05, 0) is 43.3 Å². The highest BCUT2D eigenvalue weighted by atomic mass is 32.2. The fourth-order valence-corrected chi connectivity index (χ4v) is 5.75. The molecule has 0 N–H and O–H groups in total. The van der Waals surface area contributed by atoms with Crippen LogP contribution in [0.4, 0.5) is 5.69 Å². The van der Waals surface area contributed by atoms with Gasteiger partial charge in [-0.1, -0.05) is 47.1 Å². The molecule has 9 heteroatoms. The Balaban J connectivity index is 1.37. The normalized spacial score (nSPS) is 14.7. The fraction of sp³-hybridized carbons (Fsp3) is 0.231. The average molecular weight is 491 g/mol. The van der Waals surface area contributed by atoms with Crippen LogP contribution >= 0.6 is 0 Å². The van der Waals surface area contributed by atoms with Gasteiger partial charge in [0.15, 0.2) is 0 Å². The van der Waals surface area contributed by atoms with Crippen LogP contribution in [0.3, 0.4) is 0 Å². The minimum atomic E-state index is -3.76. The molecule has 0 saturated carbocycles. The number of piperazine rings is 1.